The number of aryl methyl sites for hydroxylation is 1. The van der Waals surface area contributed by atoms with E-state index in [9.17, 15) is 19.2 Å². The van der Waals surface area contributed by atoms with Crippen LogP contribution in [0.1, 0.15) is 127 Å². The molecule has 5 heterocycles. The monoisotopic (exact) mass is 1090 g/mol. The molecule has 7 N–H and O–H groups in total. The summed E-state index contributed by atoms with van der Waals surface area (Å²) in [5.41, 5.74) is 9.85. The van der Waals surface area contributed by atoms with Crippen molar-refractivity contribution in [2.75, 3.05) is 43.4 Å². The van der Waals surface area contributed by atoms with Crippen molar-refractivity contribution in [3.05, 3.63) is 129 Å². The van der Waals surface area contributed by atoms with Crippen LogP contribution in [0.25, 0.3) is 21.5 Å². The number of amides is 4. The zero-order valence-electron chi connectivity index (χ0n) is 45.9. The number of aliphatic hydroxyl groups is 1. The number of benzene rings is 3. The summed E-state index contributed by atoms with van der Waals surface area (Å²) in [7, 11) is 0. The summed E-state index contributed by atoms with van der Waals surface area (Å²) in [6.07, 6.45) is 5.15. The van der Waals surface area contributed by atoms with Crippen LogP contribution in [0, 0.1) is 24.7 Å². The van der Waals surface area contributed by atoms with Gasteiger partial charge in [0.2, 0.25) is 11.9 Å². The third kappa shape index (κ3) is 17.7. The number of thiazole rings is 1. The second-order valence-corrected chi connectivity index (χ2v) is 25.0. The van der Waals surface area contributed by atoms with E-state index in [2.05, 4.69) is 113 Å². The lowest BCUT2D eigenvalue weighted by atomic mass is 9.88. The van der Waals surface area contributed by atoms with Crippen molar-refractivity contribution in [3.63, 3.8) is 0 Å². The summed E-state index contributed by atoms with van der Waals surface area (Å²) in [6.45, 7) is 29.2. The number of nitrogens with one attached hydrogen (secondary N) is 6. The number of imidazole rings is 1. The van der Waals surface area contributed by atoms with Crippen molar-refractivity contribution in [2.24, 2.45) is 10.8 Å². The smallest absolute Gasteiger partial charge is 0.268 e. The molecule has 1 unspecified atom stereocenters. The number of carbonyl (C=O) groups is 4. The van der Waals surface area contributed by atoms with Crippen LogP contribution >= 0.6 is 34.4 Å². The number of aromatic amines is 2. The molecule has 19 heteroatoms. The fourth-order valence-corrected chi connectivity index (χ4v) is 10.4. The Kier molecular flexibility index (Phi) is 20.7. The number of H-pyrrole nitrogens is 2. The SMILES string of the molecule is CC(=O)N1CCN(C(=O)c2cc(CSc3cnc(NC(=O)c4ccc(CNC(C)C(C)(C)C)cc4)s3)cc(C)c2C)CC1.CC(C)(C)CNCc1ccc2nc(NC(=O)c3ccc(-c4cn[nH]c4)s3)[nH]c2c1.CC(C)O. The highest BCUT2D eigenvalue weighted by Crippen LogP contribution is 2.33. The van der Waals surface area contributed by atoms with E-state index in [4.69, 9.17) is 5.11 Å². The van der Waals surface area contributed by atoms with Crippen molar-refractivity contribution in [2.45, 2.75) is 118 Å². The van der Waals surface area contributed by atoms with Crippen molar-refractivity contribution in [3.8, 4) is 10.4 Å². The molecule has 76 heavy (non-hydrogen) atoms. The standard InChI is InChI=1S/C33H43N5O3S2.C21H24N6OS.C3H8O/c1-21-16-26(17-28(22(21)2)31(41)38-14-12-37(13-15-38)24(4)39)20-42-29-19-35-32(43-29)36-30(40)27-10-8-25(9-11-27)18-34-23(3)33(5,6)7;1-21(2,3)12-22-9-13-4-5-15-16(8-13)26-20(25-15)27-19(28)18-7-6-17(29-18)14-10-23-24-11-14;1-3(2)4/h8-11,16-17,19,23,34H,12-15,18,20H2,1-7H3,(H,35,36,40);4-8,10-11,22H,9,12H2,1-3H3,(H,23,24)(H2,25,26,27,28);3-4H,1-2H3. The normalized spacial score (nSPS) is 13.2. The first-order valence-corrected chi connectivity index (χ1v) is 28.2. The van der Waals surface area contributed by atoms with E-state index in [0.717, 1.165) is 73.1 Å². The number of hydrogen-bond acceptors (Lipinski definition) is 13. The summed E-state index contributed by atoms with van der Waals surface area (Å²) >= 11 is 4.49. The van der Waals surface area contributed by atoms with Crippen LogP contribution in [0.4, 0.5) is 11.1 Å². The first-order chi connectivity index (χ1) is 35.9. The summed E-state index contributed by atoms with van der Waals surface area (Å²) in [5.74, 6) is 0.821. The lowest BCUT2D eigenvalue weighted by Crippen LogP contribution is -2.50. The summed E-state index contributed by atoms with van der Waals surface area (Å²) < 4.78 is 0.983. The lowest BCUT2D eigenvalue weighted by Gasteiger charge is -2.34. The molecule has 1 atom stereocenters. The number of fused-ring (bicyclic) bond motifs is 1. The first kappa shape index (κ1) is 59.0. The highest BCUT2D eigenvalue weighted by Gasteiger charge is 2.25. The zero-order chi connectivity index (χ0) is 55.3. The Bertz CT molecular complexity index is 3030. The van der Waals surface area contributed by atoms with Crippen LogP contribution in [0.2, 0.25) is 0 Å². The number of hydrogen-bond donors (Lipinski definition) is 7. The molecule has 406 valence electrons. The van der Waals surface area contributed by atoms with Crippen molar-refractivity contribution in [1.29, 1.82) is 0 Å². The van der Waals surface area contributed by atoms with Gasteiger partial charge in [0.1, 0.15) is 0 Å². The van der Waals surface area contributed by atoms with Gasteiger partial charge in [-0.1, -0.05) is 77.1 Å². The van der Waals surface area contributed by atoms with Crippen LogP contribution in [0.15, 0.2) is 89.5 Å². The molecule has 4 aromatic heterocycles. The second-order valence-electron chi connectivity index (χ2n) is 21.6. The molecule has 0 aliphatic carbocycles. The van der Waals surface area contributed by atoms with Gasteiger partial charge < -0.3 is 30.5 Å². The van der Waals surface area contributed by atoms with Crippen molar-refractivity contribution >= 4 is 80.2 Å². The molecular weight excluding hydrogens is 1010 g/mol. The van der Waals surface area contributed by atoms with Gasteiger partial charge in [-0.2, -0.15) is 5.10 Å². The van der Waals surface area contributed by atoms with Gasteiger partial charge in [0.15, 0.2) is 5.13 Å². The van der Waals surface area contributed by atoms with E-state index in [0.29, 0.717) is 59.5 Å². The fraction of sp³-hybridized carbons (Fsp3) is 0.421. The minimum Gasteiger partial charge on any atom is -0.394 e. The Hall–Kier alpha value is -6.22. The highest BCUT2D eigenvalue weighted by molar-refractivity contribution is 8.00. The number of aromatic nitrogens is 5. The Morgan fingerprint density at radius 3 is 2.13 bits per heavy atom. The van der Waals surface area contributed by atoms with Gasteiger partial charge in [0, 0.05) is 98.4 Å². The van der Waals surface area contributed by atoms with E-state index in [1.165, 1.54) is 28.2 Å². The lowest BCUT2D eigenvalue weighted by molar-refractivity contribution is -0.130. The van der Waals surface area contributed by atoms with E-state index >= 15 is 0 Å². The molecule has 7 aromatic rings. The quantitative estimate of drug-likeness (QED) is 0.0480. The van der Waals surface area contributed by atoms with E-state index in [1.807, 2.05) is 67.3 Å². The summed E-state index contributed by atoms with van der Waals surface area (Å²) in [5, 5.41) is 28.1. The Balaban J connectivity index is 0.000000245. The molecule has 0 bridgehead atoms. The van der Waals surface area contributed by atoms with Crippen molar-refractivity contribution in [1.82, 2.24) is 45.6 Å². The Morgan fingerprint density at radius 2 is 1.49 bits per heavy atom. The molecule has 16 nitrogen and oxygen atoms in total. The average molecular weight is 1090 g/mol. The van der Waals surface area contributed by atoms with Gasteiger partial charge in [-0.05, 0) is 116 Å². The minimum absolute atomic E-state index is 0.0159. The van der Waals surface area contributed by atoms with Crippen LogP contribution in [-0.2, 0) is 23.6 Å². The molecular formula is C57H75N11O5S3. The summed E-state index contributed by atoms with van der Waals surface area (Å²) in [4.78, 5) is 67.8. The molecule has 1 aliphatic heterocycles. The Morgan fingerprint density at radius 1 is 0.803 bits per heavy atom. The number of thiophene rings is 1. The average Bonchev–Trinajstić information content (AvgIpc) is 4.21. The fourth-order valence-electron chi connectivity index (χ4n) is 7.67. The third-order valence-electron chi connectivity index (χ3n) is 12.6. The van der Waals surface area contributed by atoms with Crippen LogP contribution in [0.5, 0.6) is 0 Å². The molecule has 1 saturated heterocycles. The molecule has 4 amide bonds. The maximum Gasteiger partial charge on any atom is 0.268 e. The van der Waals surface area contributed by atoms with Gasteiger partial charge >= 0.3 is 0 Å². The molecule has 0 radical (unpaired) electrons. The first-order valence-electron chi connectivity index (χ1n) is 25.6. The molecule has 0 spiro atoms. The molecule has 1 aliphatic rings. The van der Waals surface area contributed by atoms with Gasteiger partial charge in [0.05, 0.1) is 32.5 Å². The number of carbonyl (C=O) groups excluding carboxylic acids is 4. The van der Waals surface area contributed by atoms with Crippen LogP contribution in [0.3, 0.4) is 0 Å². The number of aliphatic hydroxyl groups excluding tert-OH is 1. The zero-order valence-corrected chi connectivity index (χ0v) is 48.4. The highest BCUT2D eigenvalue weighted by atomic mass is 32.2. The predicted octanol–water partition coefficient (Wildman–Crippen LogP) is 10.9. The van der Waals surface area contributed by atoms with Crippen LogP contribution < -0.4 is 21.3 Å². The molecule has 8 rings (SSSR count). The maximum atomic E-state index is 13.4. The van der Waals surface area contributed by atoms with E-state index in [1.54, 1.807) is 56.0 Å². The minimum atomic E-state index is -0.185. The Labute approximate surface area is 459 Å². The number of nitrogens with zero attached hydrogens (tertiary/aromatic N) is 5. The number of rotatable bonds is 15. The van der Waals surface area contributed by atoms with E-state index in [-0.39, 0.29) is 40.6 Å². The van der Waals surface area contributed by atoms with Gasteiger partial charge in [-0.3, -0.25) is 34.9 Å². The van der Waals surface area contributed by atoms with Crippen molar-refractivity contribution < 1.29 is 24.3 Å². The summed E-state index contributed by atoms with van der Waals surface area (Å²) in [6, 6.07) is 22.0. The van der Waals surface area contributed by atoms with Gasteiger partial charge in [-0.15, -0.1) is 23.1 Å². The predicted molar refractivity (Wildman–Crippen MR) is 310 cm³/mol. The van der Waals surface area contributed by atoms with Gasteiger partial charge in [0.25, 0.3) is 17.7 Å². The maximum absolute atomic E-state index is 13.4. The largest absolute Gasteiger partial charge is 0.394 e. The number of piperazine rings is 1. The van der Waals surface area contributed by atoms with E-state index < -0.39 is 0 Å². The number of thioether (sulfide) groups is 1. The topological polar surface area (TPSA) is 213 Å². The third-order valence-corrected chi connectivity index (χ3v) is 15.9. The van der Waals surface area contributed by atoms with Gasteiger partial charge in [-0.25, -0.2) is 9.97 Å². The molecule has 1 fully saturated rings. The molecule has 3 aromatic carbocycles. The molecule has 0 saturated carbocycles. The van der Waals surface area contributed by atoms with Crippen LogP contribution in [-0.4, -0.2) is 109 Å². The number of anilines is 2. The second kappa shape index (κ2) is 26.7.